The van der Waals surface area contributed by atoms with Crippen molar-refractivity contribution in [3.8, 4) is 0 Å². The monoisotopic (exact) mass is 770 g/mol. The summed E-state index contributed by atoms with van der Waals surface area (Å²) in [6, 6.07) is 4.90. The number of rotatable bonds is 18. The first-order valence-corrected chi connectivity index (χ1v) is 22.6. The molecule has 0 aromatic heterocycles. The van der Waals surface area contributed by atoms with Crippen LogP contribution in [-0.2, 0) is 26.2 Å². The Morgan fingerprint density at radius 3 is 1.30 bits per heavy atom. The Labute approximate surface area is 318 Å². The van der Waals surface area contributed by atoms with Gasteiger partial charge in [0.2, 0.25) is 0 Å². The Morgan fingerprint density at radius 2 is 1.00 bits per heavy atom. The van der Waals surface area contributed by atoms with E-state index in [-0.39, 0.29) is 56.9 Å². The zero-order valence-electron chi connectivity index (χ0n) is 33.0. The molecule has 2 aromatic carbocycles. The second kappa shape index (κ2) is 17.9. The number of halogens is 4. The van der Waals surface area contributed by atoms with Gasteiger partial charge < -0.3 is 0 Å². The molecular formula is C44H58F4N2O2Ti. The van der Waals surface area contributed by atoms with Crippen LogP contribution in [-0.4, -0.2) is 24.9 Å². The molecule has 0 N–H and O–H groups in total. The second-order valence-electron chi connectivity index (χ2n) is 15.8. The zero-order chi connectivity index (χ0) is 39.1. The van der Waals surface area contributed by atoms with Gasteiger partial charge >= 0.3 is 320 Å². The van der Waals surface area contributed by atoms with E-state index in [2.05, 4.69) is 0 Å². The minimum atomic E-state index is -5.27. The average molecular weight is 771 g/mol. The van der Waals surface area contributed by atoms with E-state index >= 15 is 17.6 Å². The Balaban J connectivity index is 2.14. The van der Waals surface area contributed by atoms with Gasteiger partial charge in [0.1, 0.15) is 0 Å². The van der Waals surface area contributed by atoms with Crippen LogP contribution in [0.1, 0.15) is 120 Å². The van der Waals surface area contributed by atoms with E-state index in [1.54, 1.807) is 24.3 Å². The molecule has 9 heteroatoms. The van der Waals surface area contributed by atoms with Crippen LogP contribution < -0.4 is 17.5 Å². The fourth-order valence-electron chi connectivity index (χ4n) is 8.10. The van der Waals surface area contributed by atoms with E-state index in [4.69, 9.17) is 0 Å². The van der Waals surface area contributed by atoms with Crippen molar-refractivity contribution in [2.45, 2.75) is 120 Å². The van der Waals surface area contributed by atoms with Crippen molar-refractivity contribution in [1.82, 2.24) is 0 Å². The molecular weight excluding hydrogens is 712 g/mol. The fraction of sp³-hybridized carbons (Fsp3) is 0.500. The van der Waals surface area contributed by atoms with Gasteiger partial charge in [0.15, 0.2) is 0 Å². The molecule has 2 amide bonds. The normalized spacial score (nSPS) is 14.5. The molecule has 0 atom stereocenters. The van der Waals surface area contributed by atoms with Gasteiger partial charge in [0.05, 0.1) is 0 Å². The molecule has 0 aliphatic heterocycles. The van der Waals surface area contributed by atoms with Crippen LogP contribution in [0.15, 0.2) is 68.5 Å². The molecule has 2 aliphatic rings. The van der Waals surface area contributed by atoms with Crippen LogP contribution in [0.2, 0.25) is 0 Å². The van der Waals surface area contributed by atoms with Gasteiger partial charge in [-0.05, 0) is 0 Å². The zero-order valence-corrected chi connectivity index (χ0v) is 34.5. The molecule has 288 valence electrons. The first-order chi connectivity index (χ1) is 25.1. The first-order valence-electron chi connectivity index (χ1n) is 19.5. The molecule has 0 saturated carbocycles. The molecule has 4 rings (SSSR count). The molecule has 0 saturated heterocycles. The summed E-state index contributed by atoms with van der Waals surface area (Å²) in [6.07, 6.45) is 16.5. The van der Waals surface area contributed by atoms with Crippen LogP contribution in [0, 0.1) is 34.1 Å². The topological polar surface area (TPSA) is 40.6 Å². The SMILES string of the molecule is CCCCN(C(=O)C(C)(C)CCC)c1ccc(F)[c]([Ti]([C]2=CC=CC2)([C]2=CC=CC2)[c]2c(F)ccc(N(CCCC)C(=O)C(C)(C)CCC)c2F)c1F. The third-order valence-electron chi connectivity index (χ3n) is 10.8. The second-order valence-corrected chi connectivity index (χ2v) is 21.7. The maximum absolute atomic E-state index is 17.9. The number of allylic oxidation sites excluding steroid dienone is 8. The first kappa shape index (κ1) is 42.5. The summed E-state index contributed by atoms with van der Waals surface area (Å²) in [5.41, 5.74) is -1.83. The number of carbonyl (C=O) groups excluding carboxylic acids is 2. The summed E-state index contributed by atoms with van der Waals surface area (Å²) in [4.78, 5) is 31.3. The van der Waals surface area contributed by atoms with Crippen LogP contribution in [0.3, 0.4) is 0 Å². The van der Waals surface area contributed by atoms with Gasteiger partial charge in [0, 0.05) is 0 Å². The molecule has 0 fully saturated rings. The van der Waals surface area contributed by atoms with E-state index in [0.29, 0.717) is 33.4 Å². The van der Waals surface area contributed by atoms with Crippen molar-refractivity contribution < 1.29 is 43.7 Å². The van der Waals surface area contributed by atoms with Gasteiger partial charge in [-0.15, -0.1) is 0 Å². The Bertz CT molecular complexity index is 1660. The van der Waals surface area contributed by atoms with Crippen molar-refractivity contribution in [3.05, 3.63) is 91.7 Å². The Kier molecular flexibility index (Phi) is 14.4. The van der Waals surface area contributed by atoms with E-state index in [1.807, 2.05) is 67.5 Å². The minimum absolute atomic E-state index is 0.0878. The third kappa shape index (κ3) is 8.39. The summed E-state index contributed by atoms with van der Waals surface area (Å²) in [7, 11) is 0. The number of carbonyl (C=O) groups is 2. The van der Waals surface area contributed by atoms with E-state index in [0.717, 1.165) is 37.8 Å². The molecule has 2 aromatic rings. The number of hydrogen-bond donors (Lipinski definition) is 0. The number of benzene rings is 2. The van der Waals surface area contributed by atoms with Gasteiger partial charge in [-0.1, -0.05) is 0 Å². The molecule has 0 radical (unpaired) electrons. The number of anilines is 2. The number of hydrogen-bond acceptors (Lipinski definition) is 2. The molecule has 53 heavy (non-hydrogen) atoms. The van der Waals surface area contributed by atoms with Crippen LogP contribution in [0.25, 0.3) is 0 Å². The van der Waals surface area contributed by atoms with Crippen LogP contribution >= 0.6 is 0 Å². The molecule has 0 spiro atoms. The number of nitrogens with zero attached hydrogens (tertiary/aromatic N) is 2. The van der Waals surface area contributed by atoms with E-state index < -0.39 is 50.7 Å². The molecule has 4 nitrogen and oxygen atoms in total. The summed E-state index contributed by atoms with van der Waals surface area (Å²) < 4.78 is 70.1. The molecule has 2 aliphatic carbocycles. The summed E-state index contributed by atoms with van der Waals surface area (Å²) in [5, 5.41) is 0. The van der Waals surface area contributed by atoms with Gasteiger partial charge in [-0.3, -0.25) is 0 Å². The van der Waals surface area contributed by atoms with Crippen molar-refractivity contribution >= 4 is 30.9 Å². The van der Waals surface area contributed by atoms with Crippen molar-refractivity contribution in [1.29, 1.82) is 0 Å². The predicted molar refractivity (Wildman–Crippen MR) is 208 cm³/mol. The van der Waals surface area contributed by atoms with Crippen molar-refractivity contribution in [3.63, 3.8) is 0 Å². The van der Waals surface area contributed by atoms with Gasteiger partial charge in [0.25, 0.3) is 0 Å². The van der Waals surface area contributed by atoms with E-state index in [1.165, 1.54) is 21.9 Å². The van der Waals surface area contributed by atoms with Gasteiger partial charge in [-0.25, -0.2) is 0 Å². The van der Waals surface area contributed by atoms with E-state index in [9.17, 15) is 9.59 Å². The van der Waals surface area contributed by atoms with Crippen LogP contribution in [0.4, 0.5) is 28.9 Å². The average Bonchev–Trinajstić information content (AvgIpc) is 3.85. The quantitative estimate of drug-likeness (QED) is 0.112. The fourth-order valence-corrected chi connectivity index (χ4v) is 16.4. The Hall–Kier alpha value is -3.23. The van der Waals surface area contributed by atoms with Crippen molar-refractivity contribution in [2.24, 2.45) is 10.8 Å². The van der Waals surface area contributed by atoms with Crippen molar-refractivity contribution in [2.75, 3.05) is 22.9 Å². The standard InChI is InChI=1S/2C17H24F2NO.2C5H5.Ti/c2*1-5-7-11-20(16(21)17(3,4)10-6-2)15-9-8-13(18)12-14(15)19;2*1-2-4-5-3-1;/h2*8-9H,5-7,10-11H2,1-4H3;2*1-3H,4H2;. The predicted octanol–water partition coefficient (Wildman–Crippen LogP) is 11.0. The summed E-state index contributed by atoms with van der Waals surface area (Å²) >= 11 is -5.27. The number of amides is 2. The number of unbranched alkanes of at least 4 members (excludes halogenated alkanes) is 2. The molecule has 0 bridgehead atoms. The third-order valence-corrected chi connectivity index (χ3v) is 18.8. The summed E-state index contributed by atoms with van der Waals surface area (Å²) in [5.74, 6) is -4.32. The van der Waals surface area contributed by atoms with Crippen LogP contribution in [0.5, 0.6) is 0 Å². The molecule has 0 heterocycles. The van der Waals surface area contributed by atoms with Gasteiger partial charge in [-0.2, -0.15) is 0 Å². The Morgan fingerprint density at radius 1 is 0.623 bits per heavy atom. The maximum atomic E-state index is 17.9. The summed E-state index contributed by atoms with van der Waals surface area (Å²) in [6.45, 7) is 15.6. The molecule has 0 unspecified atom stereocenters.